The predicted molar refractivity (Wildman–Crippen MR) is 103 cm³/mol. The Hall–Kier alpha value is -1.10. The van der Waals surface area contributed by atoms with Crippen molar-refractivity contribution in [3.63, 3.8) is 0 Å². The van der Waals surface area contributed by atoms with E-state index < -0.39 is 0 Å². The number of rotatable bonds is 6. The summed E-state index contributed by atoms with van der Waals surface area (Å²) in [6.45, 7) is 1.84. The molecule has 3 rings (SSSR count). The van der Waals surface area contributed by atoms with Crippen LogP contribution in [-0.4, -0.2) is 37.0 Å². The Morgan fingerprint density at radius 2 is 1.84 bits per heavy atom. The highest BCUT2D eigenvalue weighted by atomic mass is 35.5. The minimum atomic E-state index is 0. The van der Waals surface area contributed by atoms with Crippen LogP contribution < -0.4 is 5.73 Å². The van der Waals surface area contributed by atoms with Gasteiger partial charge in [0.15, 0.2) is 0 Å². The predicted octanol–water partition coefficient (Wildman–Crippen LogP) is 3.24. The fourth-order valence-corrected chi connectivity index (χ4v) is 4.38. The Kier molecular flexibility index (Phi) is 7.73. The van der Waals surface area contributed by atoms with Gasteiger partial charge in [0.25, 0.3) is 0 Å². The maximum Gasteiger partial charge on any atom is 0.225 e. The number of halogens is 1. The molecule has 140 valence electrons. The first kappa shape index (κ1) is 20.2. The average molecular weight is 367 g/mol. The number of carbonyl (C=O) groups excluding carboxylic acids is 1. The van der Waals surface area contributed by atoms with E-state index in [1.54, 1.807) is 0 Å². The van der Waals surface area contributed by atoms with Gasteiger partial charge in [0.1, 0.15) is 0 Å². The van der Waals surface area contributed by atoms with Crippen molar-refractivity contribution in [1.29, 1.82) is 0 Å². The second-order valence-corrected chi connectivity index (χ2v) is 7.49. The molecule has 0 aromatic heterocycles. The zero-order valence-electron chi connectivity index (χ0n) is 15.1. The first-order valence-electron chi connectivity index (χ1n) is 9.27. The van der Waals surface area contributed by atoms with Crippen molar-refractivity contribution in [3.05, 3.63) is 35.9 Å². The number of hydrogen-bond acceptors (Lipinski definition) is 3. The number of amides is 1. The van der Waals surface area contributed by atoms with Crippen LogP contribution in [-0.2, 0) is 16.1 Å². The summed E-state index contributed by atoms with van der Waals surface area (Å²) in [5, 5.41) is 0. The van der Waals surface area contributed by atoms with Crippen LogP contribution in [0.25, 0.3) is 0 Å². The van der Waals surface area contributed by atoms with E-state index in [4.69, 9.17) is 10.5 Å². The summed E-state index contributed by atoms with van der Waals surface area (Å²) in [4.78, 5) is 14.6. The fourth-order valence-electron chi connectivity index (χ4n) is 4.38. The third-order valence-electron chi connectivity index (χ3n) is 5.82. The molecule has 2 aliphatic carbocycles. The van der Waals surface area contributed by atoms with Gasteiger partial charge in [-0.1, -0.05) is 36.8 Å². The summed E-state index contributed by atoms with van der Waals surface area (Å²) in [5.74, 6) is 1.55. The third kappa shape index (κ3) is 5.19. The van der Waals surface area contributed by atoms with Gasteiger partial charge in [-0.25, -0.2) is 0 Å². The number of benzene rings is 1. The lowest BCUT2D eigenvalue weighted by atomic mass is 9.65. The molecule has 0 saturated heterocycles. The molecule has 0 spiro atoms. The second kappa shape index (κ2) is 9.56. The molecular weight excluding hydrogens is 336 g/mol. The number of nitrogens with two attached hydrogens (primary N) is 1. The summed E-state index contributed by atoms with van der Waals surface area (Å²) in [7, 11) is 1.90. The van der Waals surface area contributed by atoms with Crippen LogP contribution >= 0.6 is 12.4 Å². The number of carbonyl (C=O) groups is 1. The Morgan fingerprint density at radius 3 is 2.48 bits per heavy atom. The van der Waals surface area contributed by atoms with E-state index >= 15 is 0 Å². The first-order valence-corrected chi connectivity index (χ1v) is 9.27. The molecule has 1 amide bonds. The molecule has 4 nitrogen and oxygen atoms in total. The number of fused-ring (bicyclic) bond motifs is 2. The molecule has 1 aromatic rings. The lowest BCUT2D eigenvalue weighted by Crippen LogP contribution is -2.49. The fraction of sp³-hybridized carbons (Fsp3) is 0.650. The van der Waals surface area contributed by atoms with Crippen molar-refractivity contribution in [2.45, 2.75) is 44.8 Å². The number of ether oxygens (including phenoxy) is 1. The summed E-state index contributed by atoms with van der Waals surface area (Å²) in [6, 6.07) is 10.5. The largest absolute Gasteiger partial charge is 0.375 e. The van der Waals surface area contributed by atoms with Gasteiger partial charge in [-0.2, -0.15) is 0 Å². The van der Waals surface area contributed by atoms with Gasteiger partial charge < -0.3 is 15.4 Å². The molecule has 0 aliphatic heterocycles. The van der Waals surface area contributed by atoms with E-state index in [2.05, 4.69) is 12.1 Å². The first-order chi connectivity index (χ1) is 11.6. The summed E-state index contributed by atoms with van der Waals surface area (Å²) in [6.07, 6.45) is 5.64. The highest BCUT2D eigenvalue weighted by Crippen LogP contribution is 2.42. The van der Waals surface area contributed by atoms with Crippen LogP contribution in [0.4, 0.5) is 0 Å². The maximum atomic E-state index is 12.7. The molecule has 2 saturated carbocycles. The SMILES string of the molecule is CN(CCOCc1ccccc1)C(=O)C1CC2CCCC(C1)C2N.Cl. The second-order valence-electron chi connectivity index (χ2n) is 7.49. The van der Waals surface area contributed by atoms with Crippen LogP contribution in [0.3, 0.4) is 0 Å². The number of hydrogen-bond donors (Lipinski definition) is 1. The van der Waals surface area contributed by atoms with E-state index in [0.717, 1.165) is 12.8 Å². The molecule has 25 heavy (non-hydrogen) atoms. The van der Waals surface area contributed by atoms with E-state index in [1.165, 1.54) is 24.8 Å². The third-order valence-corrected chi connectivity index (χ3v) is 5.82. The molecule has 5 heteroatoms. The normalized spacial score (nSPS) is 28.1. The Bertz CT molecular complexity index is 526. The van der Waals surface area contributed by atoms with Gasteiger partial charge in [-0.15, -0.1) is 12.4 Å². The van der Waals surface area contributed by atoms with Crippen molar-refractivity contribution in [2.75, 3.05) is 20.2 Å². The average Bonchev–Trinajstić information content (AvgIpc) is 2.58. The minimum Gasteiger partial charge on any atom is -0.375 e. The van der Waals surface area contributed by atoms with Crippen molar-refractivity contribution < 1.29 is 9.53 Å². The highest BCUT2D eigenvalue weighted by Gasteiger charge is 2.41. The standard InChI is InChI=1S/C20H30N2O2.ClH/c1-22(10-11-24-14-15-6-3-2-4-7-15)20(23)18-12-16-8-5-9-17(13-18)19(16)21;/h2-4,6-7,16-19H,5,8-14,21H2,1H3;1H. The molecule has 2 aliphatic rings. The molecule has 2 atom stereocenters. The smallest absolute Gasteiger partial charge is 0.225 e. The summed E-state index contributed by atoms with van der Waals surface area (Å²) < 4.78 is 5.71. The van der Waals surface area contributed by atoms with Gasteiger partial charge in [0.2, 0.25) is 5.91 Å². The van der Waals surface area contributed by atoms with Gasteiger partial charge in [0.05, 0.1) is 13.2 Å². The van der Waals surface area contributed by atoms with E-state index in [9.17, 15) is 4.79 Å². The molecule has 1 aromatic carbocycles. The van der Waals surface area contributed by atoms with Gasteiger partial charge in [-0.3, -0.25) is 4.79 Å². The Morgan fingerprint density at radius 1 is 1.20 bits per heavy atom. The zero-order chi connectivity index (χ0) is 16.9. The van der Waals surface area contributed by atoms with Crippen LogP contribution in [0, 0.1) is 17.8 Å². The van der Waals surface area contributed by atoms with Gasteiger partial charge in [0, 0.05) is 25.6 Å². The summed E-state index contributed by atoms with van der Waals surface area (Å²) >= 11 is 0. The van der Waals surface area contributed by atoms with Gasteiger partial charge in [-0.05, 0) is 43.1 Å². The van der Waals surface area contributed by atoms with Crippen LogP contribution in [0.15, 0.2) is 30.3 Å². The Labute approximate surface area is 157 Å². The van der Waals surface area contributed by atoms with Crippen molar-refractivity contribution >= 4 is 18.3 Å². The molecule has 2 N–H and O–H groups in total. The lowest BCUT2D eigenvalue weighted by Gasteiger charge is -2.44. The summed E-state index contributed by atoms with van der Waals surface area (Å²) in [5.41, 5.74) is 7.50. The quantitative estimate of drug-likeness (QED) is 0.786. The molecular formula is C20H31ClN2O2. The molecule has 0 radical (unpaired) electrons. The monoisotopic (exact) mass is 366 g/mol. The maximum absolute atomic E-state index is 12.7. The van der Waals surface area contributed by atoms with Crippen molar-refractivity contribution in [2.24, 2.45) is 23.5 Å². The van der Waals surface area contributed by atoms with Crippen LogP contribution in [0.5, 0.6) is 0 Å². The highest BCUT2D eigenvalue weighted by molar-refractivity contribution is 5.85. The van der Waals surface area contributed by atoms with Crippen LogP contribution in [0.1, 0.15) is 37.7 Å². The molecule has 2 fully saturated rings. The van der Waals surface area contributed by atoms with Gasteiger partial charge >= 0.3 is 0 Å². The minimum absolute atomic E-state index is 0. The van der Waals surface area contributed by atoms with E-state index in [0.29, 0.717) is 37.6 Å². The van der Waals surface area contributed by atoms with E-state index in [1.807, 2.05) is 30.1 Å². The van der Waals surface area contributed by atoms with E-state index in [-0.39, 0.29) is 24.2 Å². The van der Waals surface area contributed by atoms with Crippen molar-refractivity contribution in [1.82, 2.24) is 4.90 Å². The van der Waals surface area contributed by atoms with Crippen molar-refractivity contribution in [3.8, 4) is 0 Å². The Balaban J connectivity index is 0.00000225. The zero-order valence-corrected chi connectivity index (χ0v) is 15.9. The topological polar surface area (TPSA) is 55.6 Å². The number of nitrogens with zero attached hydrogens (tertiary/aromatic N) is 1. The molecule has 0 heterocycles. The number of likely N-dealkylation sites (N-methyl/N-ethyl adjacent to an activating group) is 1. The molecule has 2 unspecified atom stereocenters. The lowest BCUT2D eigenvalue weighted by molar-refractivity contribution is -0.138. The van der Waals surface area contributed by atoms with Crippen LogP contribution in [0.2, 0.25) is 0 Å². The molecule has 2 bridgehead atoms.